The van der Waals surface area contributed by atoms with Gasteiger partial charge >= 0.3 is 0 Å². The summed E-state index contributed by atoms with van der Waals surface area (Å²) in [5.74, 6) is 0. The third kappa shape index (κ3) is 6.08. The summed E-state index contributed by atoms with van der Waals surface area (Å²) >= 11 is 0. The summed E-state index contributed by atoms with van der Waals surface area (Å²) in [4.78, 5) is 0. The molecule has 1 fully saturated rings. The second-order valence-electron chi connectivity index (χ2n) is 3.30. The summed E-state index contributed by atoms with van der Waals surface area (Å²) in [5, 5.41) is 3.49. The van der Waals surface area contributed by atoms with Crippen molar-refractivity contribution in [2.75, 3.05) is 19.8 Å². The van der Waals surface area contributed by atoms with Crippen LogP contribution in [-0.4, -0.2) is 25.8 Å². The van der Waals surface area contributed by atoms with E-state index in [1.807, 2.05) is 0 Å². The van der Waals surface area contributed by atoms with Gasteiger partial charge in [-0.3, -0.25) is 0 Å². The molecule has 0 spiro atoms. The fraction of sp³-hybridized carbons (Fsp3) is 0.800. The first-order valence-corrected chi connectivity index (χ1v) is 4.85. The zero-order valence-electron chi connectivity index (χ0n) is 8.13. The Kier molecular flexibility index (Phi) is 8.51. The highest BCUT2D eigenvalue weighted by Crippen LogP contribution is 2.09. The van der Waals surface area contributed by atoms with Crippen molar-refractivity contribution >= 4 is 12.4 Å². The molecule has 3 heteroatoms. The lowest BCUT2D eigenvalue weighted by Crippen LogP contribution is -2.34. The average molecular weight is 206 g/mol. The Morgan fingerprint density at radius 2 is 2.31 bits per heavy atom. The maximum atomic E-state index is 5.33. The Bertz CT molecular complexity index is 124. The van der Waals surface area contributed by atoms with Crippen molar-refractivity contribution in [2.45, 2.75) is 31.7 Å². The molecule has 0 bridgehead atoms. The molecule has 1 atom stereocenters. The summed E-state index contributed by atoms with van der Waals surface area (Å²) in [5.41, 5.74) is 0. The number of hydrogen-bond donors (Lipinski definition) is 1. The minimum Gasteiger partial charge on any atom is -0.377 e. The van der Waals surface area contributed by atoms with Gasteiger partial charge in [-0.1, -0.05) is 12.5 Å². The van der Waals surface area contributed by atoms with Gasteiger partial charge in [0.25, 0.3) is 0 Å². The molecule has 2 nitrogen and oxygen atoms in total. The maximum absolute atomic E-state index is 5.33. The van der Waals surface area contributed by atoms with Crippen molar-refractivity contribution in [3.8, 4) is 0 Å². The van der Waals surface area contributed by atoms with Crippen LogP contribution in [0.3, 0.4) is 0 Å². The first-order valence-electron chi connectivity index (χ1n) is 4.85. The van der Waals surface area contributed by atoms with Crippen LogP contribution in [0.2, 0.25) is 0 Å². The van der Waals surface area contributed by atoms with E-state index in [0.29, 0.717) is 12.6 Å². The van der Waals surface area contributed by atoms with Crippen molar-refractivity contribution in [3.05, 3.63) is 12.7 Å². The molecule has 0 amide bonds. The molecule has 1 unspecified atom stereocenters. The molecule has 0 aromatic carbocycles. The molecule has 1 rings (SSSR count). The molecule has 1 aliphatic rings. The van der Waals surface area contributed by atoms with Gasteiger partial charge in [0.2, 0.25) is 0 Å². The Balaban J connectivity index is 0.00000144. The van der Waals surface area contributed by atoms with Gasteiger partial charge in [0, 0.05) is 12.6 Å². The Labute approximate surface area is 87.1 Å². The van der Waals surface area contributed by atoms with Crippen LogP contribution in [0.25, 0.3) is 0 Å². The van der Waals surface area contributed by atoms with Gasteiger partial charge in [0.1, 0.15) is 0 Å². The highest BCUT2D eigenvalue weighted by atomic mass is 35.5. The molecule has 13 heavy (non-hydrogen) atoms. The summed E-state index contributed by atoms with van der Waals surface area (Å²) in [6, 6.07) is 0.698. The normalized spacial score (nSPS) is 22.0. The monoisotopic (exact) mass is 205 g/mol. The number of rotatable bonds is 5. The molecular weight excluding hydrogens is 186 g/mol. The average Bonchev–Trinajstić information content (AvgIpc) is 2.14. The lowest BCUT2D eigenvalue weighted by molar-refractivity contribution is 0.146. The van der Waals surface area contributed by atoms with Gasteiger partial charge < -0.3 is 10.1 Å². The SMILES string of the molecule is C=CCOCCC1CCCCN1.Cl. The van der Waals surface area contributed by atoms with E-state index in [0.717, 1.165) is 13.0 Å². The van der Waals surface area contributed by atoms with Crippen LogP contribution in [0.5, 0.6) is 0 Å². The molecule has 1 saturated heterocycles. The minimum absolute atomic E-state index is 0. The van der Waals surface area contributed by atoms with Crippen molar-refractivity contribution < 1.29 is 4.74 Å². The number of nitrogens with one attached hydrogen (secondary N) is 1. The number of halogens is 1. The Morgan fingerprint density at radius 3 is 2.92 bits per heavy atom. The van der Waals surface area contributed by atoms with Gasteiger partial charge in [-0.15, -0.1) is 19.0 Å². The van der Waals surface area contributed by atoms with Gasteiger partial charge in [-0.2, -0.15) is 0 Å². The van der Waals surface area contributed by atoms with Crippen molar-refractivity contribution in [1.82, 2.24) is 5.32 Å². The smallest absolute Gasteiger partial charge is 0.0644 e. The van der Waals surface area contributed by atoms with E-state index in [9.17, 15) is 0 Å². The zero-order chi connectivity index (χ0) is 8.65. The molecule has 1 heterocycles. The quantitative estimate of drug-likeness (QED) is 0.549. The first kappa shape index (κ1) is 12.9. The van der Waals surface area contributed by atoms with Crippen LogP contribution in [0.4, 0.5) is 0 Å². The second-order valence-corrected chi connectivity index (χ2v) is 3.30. The maximum Gasteiger partial charge on any atom is 0.0644 e. The van der Waals surface area contributed by atoms with Gasteiger partial charge in [-0.25, -0.2) is 0 Å². The highest BCUT2D eigenvalue weighted by Gasteiger charge is 2.11. The van der Waals surface area contributed by atoms with Gasteiger partial charge in [0.15, 0.2) is 0 Å². The molecule has 0 saturated carbocycles. The van der Waals surface area contributed by atoms with Crippen LogP contribution >= 0.6 is 12.4 Å². The summed E-state index contributed by atoms with van der Waals surface area (Å²) in [7, 11) is 0. The minimum atomic E-state index is 0. The molecule has 1 N–H and O–H groups in total. The van der Waals surface area contributed by atoms with E-state index in [4.69, 9.17) is 4.74 Å². The van der Waals surface area contributed by atoms with Gasteiger partial charge in [-0.05, 0) is 25.8 Å². The summed E-state index contributed by atoms with van der Waals surface area (Å²) < 4.78 is 5.33. The van der Waals surface area contributed by atoms with Gasteiger partial charge in [0.05, 0.1) is 6.61 Å². The first-order chi connectivity index (χ1) is 5.93. The molecule has 0 aliphatic carbocycles. The lowest BCUT2D eigenvalue weighted by atomic mass is 10.0. The van der Waals surface area contributed by atoms with Crippen LogP contribution < -0.4 is 5.32 Å². The Morgan fingerprint density at radius 1 is 1.46 bits per heavy atom. The van der Waals surface area contributed by atoms with Crippen LogP contribution in [0.15, 0.2) is 12.7 Å². The van der Waals surface area contributed by atoms with E-state index < -0.39 is 0 Å². The molecular formula is C10H20ClNO. The van der Waals surface area contributed by atoms with Crippen LogP contribution in [0, 0.1) is 0 Å². The van der Waals surface area contributed by atoms with Crippen LogP contribution in [0.1, 0.15) is 25.7 Å². The topological polar surface area (TPSA) is 21.3 Å². The molecule has 0 aromatic rings. The van der Waals surface area contributed by atoms with E-state index in [-0.39, 0.29) is 12.4 Å². The van der Waals surface area contributed by atoms with Crippen LogP contribution in [-0.2, 0) is 4.74 Å². The lowest BCUT2D eigenvalue weighted by Gasteiger charge is -2.22. The zero-order valence-corrected chi connectivity index (χ0v) is 8.94. The summed E-state index contributed by atoms with van der Waals surface area (Å²) in [6.45, 7) is 6.34. The van der Waals surface area contributed by atoms with E-state index in [2.05, 4.69) is 11.9 Å². The molecule has 1 aliphatic heterocycles. The largest absolute Gasteiger partial charge is 0.377 e. The third-order valence-corrected chi connectivity index (χ3v) is 2.26. The second kappa shape index (κ2) is 8.54. The molecule has 0 aromatic heterocycles. The van der Waals surface area contributed by atoms with Crippen molar-refractivity contribution in [1.29, 1.82) is 0 Å². The standard InChI is InChI=1S/C10H19NO.ClH/c1-2-8-12-9-6-10-5-3-4-7-11-10;/h2,10-11H,1,3-9H2;1H. The predicted molar refractivity (Wildman–Crippen MR) is 58.5 cm³/mol. The Hall–Kier alpha value is -0.0500. The molecule has 0 radical (unpaired) electrons. The highest BCUT2D eigenvalue weighted by molar-refractivity contribution is 5.85. The van der Waals surface area contributed by atoms with Crippen molar-refractivity contribution in [3.63, 3.8) is 0 Å². The predicted octanol–water partition coefficient (Wildman–Crippen LogP) is 2.14. The van der Waals surface area contributed by atoms with Crippen molar-refractivity contribution in [2.24, 2.45) is 0 Å². The fourth-order valence-corrected chi connectivity index (χ4v) is 1.56. The molecule has 78 valence electrons. The third-order valence-electron chi connectivity index (χ3n) is 2.26. The van der Waals surface area contributed by atoms with E-state index >= 15 is 0 Å². The summed E-state index contributed by atoms with van der Waals surface area (Å²) in [6.07, 6.45) is 6.97. The number of piperidine rings is 1. The fourth-order valence-electron chi connectivity index (χ4n) is 1.56. The number of hydrogen-bond acceptors (Lipinski definition) is 2. The van der Waals surface area contributed by atoms with E-state index in [1.165, 1.54) is 25.8 Å². The van der Waals surface area contributed by atoms with E-state index in [1.54, 1.807) is 6.08 Å². The number of ether oxygens (including phenoxy) is 1.